The van der Waals surface area contributed by atoms with Gasteiger partial charge in [0.2, 0.25) is 5.88 Å². The highest BCUT2D eigenvalue weighted by molar-refractivity contribution is 5.80. The molecule has 0 spiro atoms. The monoisotopic (exact) mass is 423 g/mol. The molecule has 3 aromatic heterocycles. The van der Waals surface area contributed by atoms with E-state index < -0.39 is 0 Å². The molecule has 9 nitrogen and oxygen atoms in total. The van der Waals surface area contributed by atoms with Crippen LogP contribution < -0.4 is 10.3 Å². The van der Waals surface area contributed by atoms with Gasteiger partial charge in [0.05, 0.1) is 17.2 Å². The van der Waals surface area contributed by atoms with Gasteiger partial charge in [-0.05, 0) is 51.8 Å². The Kier molecular flexibility index (Phi) is 5.83. The fourth-order valence-corrected chi connectivity index (χ4v) is 3.75. The lowest BCUT2D eigenvalue weighted by molar-refractivity contribution is 0.0661. The Morgan fingerprint density at radius 3 is 2.61 bits per heavy atom. The molecule has 1 aliphatic rings. The lowest BCUT2D eigenvalue weighted by atomic mass is 10.0. The number of ether oxygens (including phenoxy) is 2. The fraction of sp³-hybridized carbons (Fsp3) is 0.409. The Labute approximate surface area is 179 Å². The van der Waals surface area contributed by atoms with Gasteiger partial charge in [-0.25, -0.2) is 14.8 Å². The van der Waals surface area contributed by atoms with Crippen molar-refractivity contribution in [2.24, 2.45) is 0 Å². The number of aryl methyl sites for hydroxylation is 1. The van der Waals surface area contributed by atoms with Crippen LogP contribution in [0.4, 0.5) is 4.79 Å². The van der Waals surface area contributed by atoms with E-state index in [4.69, 9.17) is 9.47 Å². The first kappa shape index (κ1) is 20.8. The Morgan fingerprint density at radius 1 is 1.13 bits per heavy atom. The predicted molar refractivity (Wildman–Crippen MR) is 114 cm³/mol. The van der Waals surface area contributed by atoms with E-state index in [1.807, 2.05) is 26.8 Å². The number of pyridine rings is 2. The average Bonchev–Trinajstić information content (AvgIpc) is 2.75. The van der Waals surface area contributed by atoms with E-state index in [0.717, 1.165) is 5.69 Å². The number of fused-ring (bicyclic) bond motifs is 1. The van der Waals surface area contributed by atoms with Crippen molar-refractivity contribution in [3.05, 3.63) is 52.8 Å². The van der Waals surface area contributed by atoms with Crippen LogP contribution in [0.3, 0.4) is 0 Å². The third-order valence-electron chi connectivity index (χ3n) is 5.27. The number of carbonyl (C=O) groups is 1. The molecule has 0 radical (unpaired) electrons. The Balaban J connectivity index is 1.62. The van der Waals surface area contributed by atoms with Crippen molar-refractivity contribution in [3.63, 3.8) is 0 Å². The summed E-state index contributed by atoms with van der Waals surface area (Å²) in [5.41, 5.74) is 1.11. The molecule has 0 unspecified atom stereocenters. The van der Waals surface area contributed by atoms with Gasteiger partial charge in [-0.2, -0.15) is 0 Å². The number of piperidine rings is 1. The first-order chi connectivity index (χ1) is 14.9. The number of rotatable bonds is 4. The average molecular weight is 423 g/mol. The molecule has 4 heterocycles. The van der Waals surface area contributed by atoms with Gasteiger partial charge in [0.1, 0.15) is 12.0 Å². The van der Waals surface area contributed by atoms with Crippen LogP contribution >= 0.6 is 0 Å². The first-order valence-corrected chi connectivity index (χ1v) is 10.4. The molecule has 0 aromatic carbocycles. The highest BCUT2D eigenvalue weighted by Crippen LogP contribution is 2.30. The molecule has 0 N–H and O–H groups in total. The number of nitrogens with zero attached hydrogens (tertiary/aromatic N) is 5. The van der Waals surface area contributed by atoms with Crippen molar-refractivity contribution in [1.29, 1.82) is 0 Å². The minimum absolute atomic E-state index is 0.0813. The second kappa shape index (κ2) is 8.71. The summed E-state index contributed by atoms with van der Waals surface area (Å²) in [6, 6.07) is 6.72. The summed E-state index contributed by atoms with van der Waals surface area (Å²) in [4.78, 5) is 39.5. The Hall–Kier alpha value is -3.49. The molecule has 1 saturated heterocycles. The van der Waals surface area contributed by atoms with Crippen LogP contribution in [0.2, 0.25) is 0 Å². The molecular weight excluding hydrogens is 398 g/mol. The molecule has 0 saturated carbocycles. The summed E-state index contributed by atoms with van der Waals surface area (Å²) in [6.07, 6.45) is 3.88. The van der Waals surface area contributed by atoms with Crippen molar-refractivity contribution in [2.45, 2.75) is 45.8 Å². The molecular formula is C22H25N5O4. The van der Waals surface area contributed by atoms with Gasteiger partial charge >= 0.3 is 6.09 Å². The van der Waals surface area contributed by atoms with Gasteiger partial charge in [0, 0.05) is 31.4 Å². The zero-order valence-electron chi connectivity index (χ0n) is 17.8. The molecule has 0 aliphatic carbocycles. The van der Waals surface area contributed by atoms with Crippen LogP contribution in [0, 0.1) is 6.92 Å². The van der Waals surface area contributed by atoms with E-state index >= 15 is 0 Å². The summed E-state index contributed by atoms with van der Waals surface area (Å²) < 4.78 is 13.0. The molecule has 3 aromatic rings. The first-order valence-electron chi connectivity index (χ1n) is 10.4. The maximum Gasteiger partial charge on any atom is 0.410 e. The second-order valence-electron chi connectivity index (χ2n) is 7.80. The number of likely N-dealkylation sites (tertiary alicyclic amines) is 1. The largest absolute Gasteiger partial charge is 0.447 e. The lowest BCUT2D eigenvalue weighted by Gasteiger charge is -2.33. The molecule has 31 heavy (non-hydrogen) atoms. The Bertz CT molecular complexity index is 1150. The van der Waals surface area contributed by atoms with E-state index in [0.29, 0.717) is 48.6 Å². The van der Waals surface area contributed by atoms with E-state index in [-0.39, 0.29) is 23.8 Å². The number of aromatic nitrogens is 4. The number of hydrogen-bond acceptors (Lipinski definition) is 7. The van der Waals surface area contributed by atoms with Crippen LogP contribution in [0.5, 0.6) is 11.6 Å². The quantitative estimate of drug-likeness (QED) is 0.633. The predicted octanol–water partition coefficient (Wildman–Crippen LogP) is 3.47. The second-order valence-corrected chi connectivity index (χ2v) is 7.80. The zero-order valence-corrected chi connectivity index (χ0v) is 17.8. The zero-order chi connectivity index (χ0) is 22.0. The molecule has 0 atom stereocenters. The van der Waals surface area contributed by atoms with E-state index in [1.165, 1.54) is 12.4 Å². The van der Waals surface area contributed by atoms with Gasteiger partial charge < -0.3 is 14.4 Å². The van der Waals surface area contributed by atoms with Crippen molar-refractivity contribution in [2.75, 3.05) is 13.1 Å². The molecule has 1 amide bonds. The molecule has 1 fully saturated rings. The molecule has 9 heteroatoms. The van der Waals surface area contributed by atoms with Crippen molar-refractivity contribution in [1.82, 2.24) is 24.4 Å². The van der Waals surface area contributed by atoms with Crippen molar-refractivity contribution >= 4 is 17.1 Å². The third-order valence-corrected chi connectivity index (χ3v) is 5.27. The van der Waals surface area contributed by atoms with E-state index in [1.54, 1.807) is 27.8 Å². The van der Waals surface area contributed by atoms with Crippen LogP contribution in [0.25, 0.3) is 11.0 Å². The van der Waals surface area contributed by atoms with Gasteiger partial charge in [-0.15, -0.1) is 0 Å². The van der Waals surface area contributed by atoms with Crippen LogP contribution in [-0.2, 0) is 4.74 Å². The minimum atomic E-state index is -0.316. The van der Waals surface area contributed by atoms with Crippen LogP contribution in [0.1, 0.15) is 38.4 Å². The molecule has 1 aliphatic heterocycles. The summed E-state index contributed by atoms with van der Waals surface area (Å²) in [6.45, 7) is 6.54. The Morgan fingerprint density at radius 2 is 1.90 bits per heavy atom. The summed E-state index contributed by atoms with van der Waals surface area (Å²) >= 11 is 0. The smallest absolute Gasteiger partial charge is 0.410 e. The number of carbonyl (C=O) groups excluding carboxylic acids is 1. The van der Waals surface area contributed by atoms with Crippen molar-refractivity contribution in [3.8, 4) is 11.6 Å². The highest BCUT2D eigenvalue weighted by Gasteiger charge is 2.27. The molecule has 4 rings (SSSR count). The number of amides is 1. The fourth-order valence-electron chi connectivity index (χ4n) is 3.75. The number of hydrogen-bond donors (Lipinski definition) is 0. The van der Waals surface area contributed by atoms with Gasteiger partial charge in [-0.1, -0.05) is 0 Å². The highest BCUT2D eigenvalue weighted by atomic mass is 16.6. The van der Waals surface area contributed by atoms with Crippen molar-refractivity contribution < 1.29 is 14.3 Å². The van der Waals surface area contributed by atoms with Crippen LogP contribution in [0.15, 0.2) is 41.6 Å². The lowest BCUT2D eigenvalue weighted by Crippen LogP contribution is -2.41. The SMILES string of the molecule is Cc1ncccc1Oc1ncnc2c1ccc(=O)n2C1CCN(C(=O)OC(C)C)CC1. The normalized spacial score (nSPS) is 14.8. The summed E-state index contributed by atoms with van der Waals surface area (Å²) in [5.74, 6) is 0.963. The topological polar surface area (TPSA) is 99.4 Å². The standard InChI is InChI=1S/C22H25N5O4/c1-14(2)30-22(29)26-11-8-16(9-12-26)27-19(28)7-6-17-20(27)24-13-25-21(17)31-18-5-4-10-23-15(18)3/h4-7,10,13-14,16H,8-9,11-12H2,1-3H3. The van der Waals surface area contributed by atoms with Gasteiger partial charge in [-0.3, -0.25) is 14.3 Å². The summed E-state index contributed by atoms with van der Waals surface area (Å²) in [5, 5.41) is 0.645. The maximum atomic E-state index is 12.8. The van der Waals surface area contributed by atoms with Gasteiger partial charge in [0.25, 0.3) is 5.56 Å². The molecule has 162 valence electrons. The molecule has 0 bridgehead atoms. The van der Waals surface area contributed by atoms with E-state index in [2.05, 4.69) is 15.0 Å². The van der Waals surface area contributed by atoms with Gasteiger partial charge in [0.15, 0.2) is 5.75 Å². The maximum absolute atomic E-state index is 12.8. The minimum Gasteiger partial charge on any atom is -0.447 e. The summed E-state index contributed by atoms with van der Waals surface area (Å²) in [7, 11) is 0. The van der Waals surface area contributed by atoms with Crippen LogP contribution in [-0.4, -0.2) is 49.7 Å². The third kappa shape index (κ3) is 4.35. The van der Waals surface area contributed by atoms with E-state index in [9.17, 15) is 9.59 Å².